The summed E-state index contributed by atoms with van der Waals surface area (Å²) in [5.41, 5.74) is 0.476. The molecule has 0 aromatic heterocycles. The summed E-state index contributed by atoms with van der Waals surface area (Å²) >= 11 is 5.53. The van der Waals surface area contributed by atoms with Gasteiger partial charge in [0, 0.05) is 19.6 Å². The lowest BCUT2D eigenvalue weighted by molar-refractivity contribution is 0.211. The molecule has 20 heavy (non-hydrogen) atoms. The summed E-state index contributed by atoms with van der Waals surface area (Å²) in [7, 11) is -3.53. The number of hydrogen-bond donors (Lipinski definition) is 2. The fourth-order valence-electron chi connectivity index (χ4n) is 1.82. The van der Waals surface area contributed by atoms with E-state index in [0.29, 0.717) is 18.8 Å². The SMILES string of the molecule is CCN(CC)S(=O)(=O)c1ccccc1NCC(O)CCl. The summed E-state index contributed by atoms with van der Waals surface area (Å²) in [5.74, 6) is 0.0952. The first kappa shape index (κ1) is 17.2. The summed E-state index contributed by atoms with van der Waals surface area (Å²) in [6.45, 7) is 4.63. The van der Waals surface area contributed by atoms with Crippen LogP contribution in [0.25, 0.3) is 0 Å². The highest BCUT2D eigenvalue weighted by Gasteiger charge is 2.24. The Morgan fingerprint density at radius 3 is 2.45 bits per heavy atom. The maximum atomic E-state index is 12.5. The molecule has 0 fully saturated rings. The maximum Gasteiger partial charge on any atom is 0.245 e. The molecule has 1 aromatic carbocycles. The number of anilines is 1. The average Bonchev–Trinajstić information content (AvgIpc) is 2.46. The molecule has 114 valence electrons. The van der Waals surface area contributed by atoms with Gasteiger partial charge in [-0.05, 0) is 12.1 Å². The van der Waals surface area contributed by atoms with Crippen LogP contribution < -0.4 is 5.32 Å². The molecule has 0 spiro atoms. The quantitative estimate of drug-likeness (QED) is 0.716. The van der Waals surface area contributed by atoms with Crippen LogP contribution in [0.15, 0.2) is 29.2 Å². The number of halogens is 1. The van der Waals surface area contributed by atoms with Gasteiger partial charge in [0.25, 0.3) is 0 Å². The zero-order valence-corrected chi connectivity index (χ0v) is 13.3. The molecule has 0 amide bonds. The van der Waals surface area contributed by atoms with Gasteiger partial charge in [-0.1, -0.05) is 26.0 Å². The van der Waals surface area contributed by atoms with Gasteiger partial charge in [0.05, 0.1) is 17.7 Å². The molecular formula is C13H21ClN2O3S. The van der Waals surface area contributed by atoms with Crippen molar-refractivity contribution >= 4 is 27.3 Å². The van der Waals surface area contributed by atoms with E-state index in [1.165, 1.54) is 4.31 Å². The molecular weight excluding hydrogens is 300 g/mol. The molecule has 2 N–H and O–H groups in total. The lowest BCUT2D eigenvalue weighted by Gasteiger charge is -2.21. The Labute approximate surface area is 125 Å². The van der Waals surface area contributed by atoms with Gasteiger partial charge in [0.2, 0.25) is 10.0 Å². The molecule has 1 aromatic rings. The van der Waals surface area contributed by atoms with E-state index in [4.69, 9.17) is 11.6 Å². The van der Waals surface area contributed by atoms with Crippen LogP contribution in [0.3, 0.4) is 0 Å². The smallest absolute Gasteiger partial charge is 0.245 e. The topological polar surface area (TPSA) is 69.6 Å². The fraction of sp³-hybridized carbons (Fsp3) is 0.538. The van der Waals surface area contributed by atoms with Crippen LogP contribution in [-0.2, 0) is 10.0 Å². The van der Waals surface area contributed by atoms with Crippen LogP contribution in [0.2, 0.25) is 0 Å². The molecule has 0 aliphatic carbocycles. The maximum absolute atomic E-state index is 12.5. The number of para-hydroxylation sites is 1. The lowest BCUT2D eigenvalue weighted by atomic mass is 10.3. The molecule has 0 aliphatic heterocycles. The third-order valence-corrected chi connectivity index (χ3v) is 5.38. The van der Waals surface area contributed by atoms with Crippen molar-refractivity contribution < 1.29 is 13.5 Å². The van der Waals surface area contributed by atoms with Gasteiger partial charge in [-0.3, -0.25) is 0 Å². The van der Waals surface area contributed by atoms with E-state index in [1.807, 2.05) is 0 Å². The Hall–Kier alpha value is -0.820. The number of benzene rings is 1. The van der Waals surface area contributed by atoms with Crippen LogP contribution in [0.5, 0.6) is 0 Å². The minimum atomic E-state index is -3.53. The van der Waals surface area contributed by atoms with E-state index in [2.05, 4.69) is 5.32 Å². The number of rotatable bonds is 8. The molecule has 7 heteroatoms. The van der Waals surface area contributed by atoms with E-state index in [0.717, 1.165) is 0 Å². The normalized spacial score (nSPS) is 13.4. The number of sulfonamides is 1. The highest BCUT2D eigenvalue weighted by molar-refractivity contribution is 7.89. The van der Waals surface area contributed by atoms with Crippen molar-refractivity contribution in [2.45, 2.75) is 24.8 Å². The van der Waals surface area contributed by atoms with Crippen LogP contribution in [0.1, 0.15) is 13.8 Å². The Balaban J connectivity index is 3.06. The second-order valence-electron chi connectivity index (χ2n) is 4.27. The summed E-state index contributed by atoms with van der Waals surface area (Å²) < 4.78 is 26.4. The summed E-state index contributed by atoms with van der Waals surface area (Å²) in [4.78, 5) is 0.213. The Bertz CT molecular complexity index is 518. The lowest BCUT2D eigenvalue weighted by Crippen LogP contribution is -2.31. The Morgan fingerprint density at radius 1 is 1.30 bits per heavy atom. The molecule has 0 radical (unpaired) electrons. The zero-order chi connectivity index (χ0) is 15.2. The Morgan fingerprint density at radius 2 is 1.90 bits per heavy atom. The standard InChI is InChI=1S/C13H21ClN2O3S/c1-3-16(4-2)20(18,19)13-8-6-5-7-12(13)15-10-11(17)9-14/h5-8,11,15,17H,3-4,9-10H2,1-2H3. The van der Waals surface area contributed by atoms with Gasteiger partial charge in [0.15, 0.2) is 0 Å². The van der Waals surface area contributed by atoms with Crippen molar-refractivity contribution in [2.75, 3.05) is 30.8 Å². The van der Waals surface area contributed by atoms with Crippen molar-refractivity contribution in [2.24, 2.45) is 0 Å². The number of nitrogens with one attached hydrogen (secondary N) is 1. The number of aliphatic hydroxyl groups excluding tert-OH is 1. The van der Waals surface area contributed by atoms with Gasteiger partial charge in [-0.15, -0.1) is 11.6 Å². The minimum Gasteiger partial charge on any atom is -0.390 e. The largest absolute Gasteiger partial charge is 0.390 e. The second-order valence-corrected chi connectivity index (χ2v) is 6.49. The molecule has 1 rings (SSSR count). The van der Waals surface area contributed by atoms with Gasteiger partial charge in [-0.25, -0.2) is 8.42 Å². The second kappa shape index (κ2) is 7.83. The van der Waals surface area contributed by atoms with Crippen LogP contribution in [-0.4, -0.2) is 49.4 Å². The van der Waals surface area contributed by atoms with Crippen molar-refractivity contribution in [3.8, 4) is 0 Å². The molecule has 1 unspecified atom stereocenters. The highest BCUT2D eigenvalue weighted by Crippen LogP contribution is 2.24. The van der Waals surface area contributed by atoms with Gasteiger partial charge < -0.3 is 10.4 Å². The molecule has 5 nitrogen and oxygen atoms in total. The van der Waals surface area contributed by atoms with Crippen molar-refractivity contribution in [1.29, 1.82) is 0 Å². The first-order valence-electron chi connectivity index (χ1n) is 6.54. The number of aliphatic hydroxyl groups is 1. The summed E-state index contributed by atoms with van der Waals surface area (Å²) in [5, 5.41) is 12.4. The number of hydrogen-bond acceptors (Lipinski definition) is 4. The molecule has 0 bridgehead atoms. The van der Waals surface area contributed by atoms with E-state index in [1.54, 1.807) is 38.1 Å². The van der Waals surface area contributed by atoms with Crippen molar-refractivity contribution in [1.82, 2.24) is 4.31 Å². The number of alkyl halides is 1. The third kappa shape index (κ3) is 4.09. The van der Waals surface area contributed by atoms with Gasteiger partial charge >= 0.3 is 0 Å². The van der Waals surface area contributed by atoms with Crippen LogP contribution >= 0.6 is 11.6 Å². The fourth-order valence-corrected chi connectivity index (χ4v) is 3.56. The van der Waals surface area contributed by atoms with Crippen molar-refractivity contribution in [3.63, 3.8) is 0 Å². The monoisotopic (exact) mass is 320 g/mol. The van der Waals surface area contributed by atoms with Gasteiger partial charge in [0.1, 0.15) is 4.90 Å². The van der Waals surface area contributed by atoms with Gasteiger partial charge in [-0.2, -0.15) is 4.31 Å². The Kier molecular flexibility index (Phi) is 6.75. The first-order valence-corrected chi connectivity index (χ1v) is 8.51. The highest BCUT2D eigenvalue weighted by atomic mass is 35.5. The molecule has 0 saturated heterocycles. The first-order chi connectivity index (χ1) is 9.47. The van der Waals surface area contributed by atoms with Crippen molar-refractivity contribution in [3.05, 3.63) is 24.3 Å². The van der Waals surface area contributed by atoms with Crippen LogP contribution in [0, 0.1) is 0 Å². The number of nitrogens with zero attached hydrogens (tertiary/aromatic N) is 1. The molecule has 1 atom stereocenters. The third-order valence-electron chi connectivity index (χ3n) is 2.92. The summed E-state index contributed by atoms with van der Waals surface area (Å²) in [6.07, 6.45) is -0.721. The summed E-state index contributed by atoms with van der Waals surface area (Å²) in [6, 6.07) is 6.66. The predicted octanol–water partition coefficient (Wildman–Crippen LogP) is 1.73. The zero-order valence-electron chi connectivity index (χ0n) is 11.7. The van der Waals surface area contributed by atoms with E-state index >= 15 is 0 Å². The molecule has 0 saturated carbocycles. The molecule has 0 aliphatic rings. The van der Waals surface area contributed by atoms with Crippen LogP contribution in [0.4, 0.5) is 5.69 Å². The molecule has 0 heterocycles. The van der Waals surface area contributed by atoms with E-state index in [9.17, 15) is 13.5 Å². The average molecular weight is 321 g/mol. The van der Waals surface area contributed by atoms with E-state index in [-0.39, 0.29) is 17.3 Å². The minimum absolute atomic E-state index is 0.0952. The van der Waals surface area contributed by atoms with E-state index < -0.39 is 16.1 Å². The predicted molar refractivity (Wildman–Crippen MR) is 81.8 cm³/mol.